The van der Waals surface area contributed by atoms with Gasteiger partial charge >= 0.3 is 5.97 Å². The third-order valence-corrected chi connectivity index (χ3v) is 7.24. The molecule has 4 aromatic rings. The lowest BCUT2D eigenvalue weighted by Gasteiger charge is -2.32. The molecule has 1 N–H and O–H groups in total. The number of carboxylic acids is 1. The van der Waals surface area contributed by atoms with Gasteiger partial charge in [0.15, 0.2) is 0 Å². The molecule has 200 valence electrons. The number of nitrogens with zero attached hydrogens (tertiary/aromatic N) is 5. The molecule has 2 aromatic heterocycles. The molecular formula is C30H31N5O4. The molecule has 0 atom stereocenters. The number of carboxylic acid groups (broad SMARTS) is 1. The Morgan fingerprint density at radius 2 is 1.95 bits per heavy atom. The molecule has 0 saturated carbocycles. The molecule has 9 nitrogen and oxygen atoms in total. The molecule has 0 amide bonds. The third-order valence-electron chi connectivity index (χ3n) is 7.24. The van der Waals surface area contributed by atoms with Crippen molar-refractivity contribution in [1.29, 1.82) is 5.26 Å². The number of aromatic carboxylic acids is 1. The lowest BCUT2D eigenvalue weighted by Crippen LogP contribution is -2.33. The SMILES string of the molecule is COCCn1c(CN2CCC(c3cccnc3OCc3ccc(C#N)cc3)CC2)nc2ccc(C(=O)O)cc21. The third kappa shape index (κ3) is 6.08. The van der Waals surface area contributed by atoms with Crippen LogP contribution < -0.4 is 4.74 Å². The normalized spacial score (nSPS) is 14.4. The molecule has 1 aliphatic rings. The fourth-order valence-electron chi connectivity index (χ4n) is 5.12. The molecule has 0 radical (unpaired) electrons. The molecule has 0 spiro atoms. The summed E-state index contributed by atoms with van der Waals surface area (Å²) < 4.78 is 13.5. The quantitative estimate of drug-likeness (QED) is 0.319. The summed E-state index contributed by atoms with van der Waals surface area (Å²) in [5.74, 6) is 0.971. The molecule has 0 bridgehead atoms. The number of likely N-dealkylation sites (tertiary alicyclic amines) is 1. The molecule has 0 unspecified atom stereocenters. The number of hydrogen-bond donors (Lipinski definition) is 1. The smallest absolute Gasteiger partial charge is 0.335 e. The Kier molecular flexibility index (Phi) is 8.16. The number of ether oxygens (including phenoxy) is 2. The number of rotatable bonds is 10. The van der Waals surface area contributed by atoms with Crippen LogP contribution in [0.2, 0.25) is 0 Å². The largest absolute Gasteiger partial charge is 0.478 e. The van der Waals surface area contributed by atoms with E-state index in [-0.39, 0.29) is 5.56 Å². The van der Waals surface area contributed by atoms with E-state index in [0.29, 0.717) is 43.7 Å². The second-order valence-electron chi connectivity index (χ2n) is 9.73. The van der Waals surface area contributed by atoms with Crippen molar-refractivity contribution in [2.24, 2.45) is 0 Å². The zero-order chi connectivity index (χ0) is 27.2. The number of nitriles is 1. The Bertz CT molecular complexity index is 1480. The number of aromatic nitrogens is 3. The maximum absolute atomic E-state index is 11.5. The second kappa shape index (κ2) is 12.1. The van der Waals surface area contributed by atoms with E-state index in [1.54, 1.807) is 43.6 Å². The average Bonchev–Trinajstić information content (AvgIpc) is 3.31. The van der Waals surface area contributed by atoms with Gasteiger partial charge in [0.25, 0.3) is 0 Å². The highest BCUT2D eigenvalue weighted by Crippen LogP contribution is 2.34. The lowest BCUT2D eigenvalue weighted by atomic mass is 9.90. The van der Waals surface area contributed by atoms with E-state index in [0.717, 1.165) is 53.9 Å². The summed E-state index contributed by atoms with van der Waals surface area (Å²) in [6.07, 6.45) is 3.70. The topological polar surface area (TPSA) is 113 Å². The molecule has 0 aliphatic carbocycles. The zero-order valence-electron chi connectivity index (χ0n) is 21.9. The number of piperidine rings is 1. The first-order valence-electron chi connectivity index (χ1n) is 13.1. The minimum atomic E-state index is -0.948. The van der Waals surface area contributed by atoms with Gasteiger partial charge in [-0.1, -0.05) is 18.2 Å². The van der Waals surface area contributed by atoms with Gasteiger partial charge in [-0.25, -0.2) is 14.8 Å². The van der Waals surface area contributed by atoms with Crippen molar-refractivity contribution in [1.82, 2.24) is 19.4 Å². The van der Waals surface area contributed by atoms with Crippen LogP contribution >= 0.6 is 0 Å². The van der Waals surface area contributed by atoms with E-state index in [1.807, 2.05) is 18.2 Å². The van der Waals surface area contributed by atoms with Crippen molar-refractivity contribution in [2.45, 2.75) is 38.5 Å². The van der Waals surface area contributed by atoms with E-state index < -0.39 is 5.97 Å². The highest BCUT2D eigenvalue weighted by atomic mass is 16.5. The molecule has 2 aromatic carbocycles. The first-order chi connectivity index (χ1) is 19.1. The standard InChI is InChI=1S/C30H31N5O4/c1-38-16-15-35-27-17-24(30(36)37)8-9-26(27)33-28(35)19-34-13-10-23(11-14-34)25-3-2-12-32-29(25)39-20-22-6-4-21(18-31)5-7-22/h2-9,12,17,23H,10-11,13-16,19-20H2,1H3,(H,36,37). The van der Waals surface area contributed by atoms with Crippen molar-refractivity contribution < 1.29 is 19.4 Å². The maximum atomic E-state index is 11.5. The lowest BCUT2D eigenvalue weighted by molar-refractivity contribution is 0.0697. The van der Waals surface area contributed by atoms with Gasteiger partial charge in [-0.15, -0.1) is 0 Å². The van der Waals surface area contributed by atoms with Crippen molar-refractivity contribution in [3.8, 4) is 11.9 Å². The number of imidazole rings is 1. The summed E-state index contributed by atoms with van der Waals surface area (Å²) in [6, 6.07) is 18.7. The Balaban J connectivity index is 1.25. The molecule has 1 aliphatic heterocycles. The number of fused-ring (bicyclic) bond motifs is 1. The van der Waals surface area contributed by atoms with Crippen LogP contribution in [0.15, 0.2) is 60.8 Å². The molecule has 3 heterocycles. The zero-order valence-corrected chi connectivity index (χ0v) is 21.9. The molecule has 5 rings (SSSR count). The van der Waals surface area contributed by atoms with Gasteiger partial charge in [-0.2, -0.15) is 5.26 Å². The van der Waals surface area contributed by atoms with E-state index in [9.17, 15) is 9.90 Å². The van der Waals surface area contributed by atoms with Crippen molar-refractivity contribution >= 4 is 17.0 Å². The Hall–Kier alpha value is -4.26. The first-order valence-corrected chi connectivity index (χ1v) is 13.1. The number of methoxy groups -OCH3 is 1. The summed E-state index contributed by atoms with van der Waals surface area (Å²) in [5.41, 5.74) is 4.61. The Morgan fingerprint density at radius 1 is 1.15 bits per heavy atom. The van der Waals surface area contributed by atoms with Crippen LogP contribution in [0, 0.1) is 11.3 Å². The van der Waals surface area contributed by atoms with Crippen LogP contribution in [0.25, 0.3) is 11.0 Å². The van der Waals surface area contributed by atoms with Crippen molar-refractivity contribution in [2.75, 3.05) is 26.8 Å². The monoisotopic (exact) mass is 525 g/mol. The van der Waals surface area contributed by atoms with Gasteiger partial charge in [0.05, 0.1) is 41.4 Å². The van der Waals surface area contributed by atoms with Gasteiger partial charge in [0, 0.05) is 25.4 Å². The number of carbonyl (C=O) groups is 1. The van der Waals surface area contributed by atoms with Crippen LogP contribution in [-0.2, 0) is 24.4 Å². The summed E-state index contributed by atoms with van der Waals surface area (Å²) >= 11 is 0. The van der Waals surface area contributed by atoms with Gasteiger partial charge in [0.1, 0.15) is 12.4 Å². The molecule has 1 saturated heterocycles. The van der Waals surface area contributed by atoms with Crippen LogP contribution in [0.4, 0.5) is 0 Å². The maximum Gasteiger partial charge on any atom is 0.335 e. The number of benzene rings is 2. The van der Waals surface area contributed by atoms with Crippen LogP contribution in [0.1, 0.15) is 51.6 Å². The fourth-order valence-corrected chi connectivity index (χ4v) is 5.12. The van der Waals surface area contributed by atoms with Gasteiger partial charge in [-0.05, 0) is 73.8 Å². The highest BCUT2D eigenvalue weighted by Gasteiger charge is 2.25. The van der Waals surface area contributed by atoms with E-state index in [1.165, 1.54) is 0 Å². The summed E-state index contributed by atoms with van der Waals surface area (Å²) in [6.45, 7) is 4.02. The Labute approximate surface area is 227 Å². The summed E-state index contributed by atoms with van der Waals surface area (Å²) in [4.78, 5) is 23.3. The number of pyridine rings is 1. The van der Waals surface area contributed by atoms with Crippen molar-refractivity contribution in [3.63, 3.8) is 0 Å². The van der Waals surface area contributed by atoms with Gasteiger partial charge < -0.3 is 19.1 Å². The molecular weight excluding hydrogens is 494 g/mol. The fraction of sp³-hybridized carbons (Fsp3) is 0.333. The van der Waals surface area contributed by atoms with Gasteiger partial charge in [-0.3, -0.25) is 4.90 Å². The second-order valence-corrected chi connectivity index (χ2v) is 9.73. The highest BCUT2D eigenvalue weighted by molar-refractivity contribution is 5.92. The number of hydrogen-bond acceptors (Lipinski definition) is 7. The van der Waals surface area contributed by atoms with E-state index in [2.05, 4.69) is 26.6 Å². The predicted octanol–water partition coefficient (Wildman–Crippen LogP) is 4.61. The van der Waals surface area contributed by atoms with E-state index in [4.69, 9.17) is 19.7 Å². The summed E-state index contributed by atoms with van der Waals surface area (Å²) in [5, 5.41) is 18.4. The summed E-state index contributed by atoms with van der Waals surface area (Å²) in [7, 11) is 1.66. The van der Waals surface area contributed by atoms with Crippen LogP contribution in [-0.4, -0.2) is 57.3 Å². The van der Waals surface area contributed by atoms with Gasteiger partial charge in [0.2, 0.25) is 5.88 Å². The first kappa shape index (κ1) is 26.4. The van der Waals surface area contributed by atoms with Crippen molar-refractivity contribution in [3.05, 3.63) is 88.9 Å². The molecule has 39 heavy (non-hydrogen) atoms. The van der Waals surface area contributed by atoms with Crippen LogP contribution in [0.5, 0.6) is 5.88 Å². The minimum Gasteiger partial charge on any atom is -0.478 e. The van der Waals surface area contributed by atoms with E-state index >= 15 is 0 Å². The minimum absolute atomic E-state index is 0.252. The van der Waals surface area contributed by atoms with Crippen LogP contribution in [0.3, 0.4) is 0 Å². The average molecular weight is 526 g/mol. The molecule has 9 heteroatoms. The molecule has 1 fully saturated rings. The predicted molar refractivity (Wildman–Crippen MR) is 146 cm³/mol. The Morgan fingerprint density at radius 3 is 2.67 bits per heavy atom.